The van der Waals surface area contributed by atoms with Crippen molar-refractivity contribution in [2.24, 2.45) is 0 Å². The van der Waals surface area contributed by atoms with Gasteiger partial charge in [0.2, 0.25) is 0 Å². The van der Waals surface area contributed by atoms with E-state index < -0.39 is 12.5 Å². The van der Waals surface area contributed by atoms with Crippen LogP contribution >= 0.6 is 0 Å². The molecule has 50 valence electrons. The Morgan fingerprint density at radius 1 is 1.44 bits per heavy atom. The van der Waals surface area contributed by atoms with Gasteiger partial charge >= 0.3 is 0 Å². The first kappa shape index (κ1) is 12.3. The van der Waals surface area contributed by atoms with E-state index in [4.69, 9.17) is 0 Å². The molecule has 0 aromatic rings. The van der Waals surface area contributed by atoms with Gasteiger partial charge in [0.05, 0.1) is 6.42 Å². The first-order chi connectivity index (χ1) is 3.66. The summed E-state index contributed by atoms with van der Waals surface area (Å²) in [5, 5.41) is 0. The van der Waals surface area contributed by atoms with Crippen molar-refractivity contribution in [2.45, 2.75) is 13.3 Å². The van der Waals surface area contributed by atoms with Gasteiger partial charge in [0.15, 0.2) is 5.78 Å². The molecule has 0 heterocycles. The number of carbonyl (C=O) groups is 2. The van der Waals surface area contributed by atoms with Gasteiger partial charge in [-0.3, -0.25) is 9.59 Å². The molecule has 0 atom stereocenters. The molecule has 0 saturated carbocycles. The molecule has 0 rings (SSSR count). The van der Waals surface area contributed by atoms with Crippen molar-refractivity contribution in [1.29, 1.82) is 0 Å². The second kappa shape index (κ2) is 6.74. The second-order valence-corrected chi connectivity index (χ2v) is 1.55. The number of alkyl halides is 1. The summed E-state index contributed by atoms with van der Waals surface area (Å²) in [5.41, 5.74) is 0. The quantitative estimate of drug-likeness (QED) is 0.694. The molecule has 0 radical (unpaired) electrons. The fraction of sp³-hybridized carbons (Fsp3) is 0.600. The maximum atomic E-state index is 11.2. The molecule has 4 heteroatoms. The maximum absolute atomic E-state index is 11.2. The molecule has 0 aromatic heterocycles. The van der Waals surface area contributed by atoms with E-state index >= 15 is 0 Å². The van der Waals surface area contributed by atoms with E-state index in [1.54, 1.807) is 0 Å². The molecule has 0 spiro atoms. The van der Waals surface area contributed by atoms with Crippen LogP contribution in [0.15, 0.2) is 0 Å². The van der Waals surface area contributed by atoms with Crippen LogP contribution in [-0.4, -0.2) is 18.2 Å². The van der Waals surface area contributed by atoms with Gasteiger partial charge in [-0.2, -0.15) is 0 Å². The molecule has 0 fully saturated rings. The summed E-state index contributed by atoms with van der Waals surface area (Å²) in [6.45, 7) is 0.229. The fourth-order valence-corrected chi connectivity index (χ4v) is 0.325. The third-order valence-electron chi connectivity index (χ3n) is 0.595. The molecule has 0 amide bonds. The number of Topliss-reactive ketones (excluding diaryl/α,β-unsaturated/α-hetero) is 2. The Balaban J connectivity index is 0. The molecule has 0 aliphatic rings. The monoisotopic (exact) mass is 260 g/mol. The topological polar surface area (TPSA) is 34.1 Å². The Morgan fingerprint density at radius 2 is 1.89 bits per heavy atom. The zero-order valence-corrected chi connectivity index (χ0v) is 8.32. The van der Waals surface area contributed by atoms with E-state index in [-0.39, 0.29) is 53.0 Å². The van der Waals surface area contributed by atoms with Crippen LogP contribution in [0.3, 0.4) is 0 Å². The Kier molecular flexibility index (Phi) is 9.22. The number of carbonyl (C=O) groups excluding carboxylic acids is 2. The zero-order chi connectivity index (χ0) is 6.57. The van der Waals surface area contributed by atoms with Crippen LogP contribution in [0.2, 0.25) is 0 Å². The normalized spacial score (nSPS) is 7.78. The SMILES string of the molecule is CC(=O)CC(=O)CF.[Nd]. The summed E-state index contributed by atoms with van der Waals surface area (Å²) in [4.78, 5) is 20.1. The van der Waals surface area contributed by atoms with Gasteiger partial charge < -0.3 is 0 Å². The summed E-state index contributed by atoms with van der Waals surface area (Å²) in [6.07, 6.45) is -0.267. The Bertz CT molecular complexity index is 114. The first-order valence-corrected chi connectivity index (χ1v) is 2.24. The van der Waals surface area contributed by atoms with Crippen LogP contribution < -0.4 is 0 Å². The van der Waals surface area contributed by atoms with Crippen LogP contribution in [0, 0.1) is 40.8 Å². The molecule has 0 saturated heterocycles. The largest absolute Gasteiger partial charge is 0.300 e. The van der Waals surface area contributed by atoms with E-state index in [9.17, 15) is 14.0 Å². The molecule has 0 aliphatic heterocycles. The average molecular weight is 262 g/mol. The summed E-state index contributed by atoms with van der Waals surface area (Å²) < 4.78 is 11.2. The Hall–Kier alpha value is 0.621. The molecule has 2 nitrogen and oxygen atoms in total. The summed E-state index contributed by atoms with van der Waals surface area (Å²) in [5.74, 6) is -0.926. The minimum absolute atomic E-state index is 0. The van der Waals surface area contributed by atoms with Gasteiger partial charge in [-0.1, -0.05) is 0 Å². The minimum atomic E-state index is -1.03. The van der Waals surface area contributed by atoms with E-state index in [0.717, 1.165) is 0 Å². The van der Waals surface area contributed by atoms with Crippen molar-refractivity contribution in [3.05, 3.63) is 0 Å². The third-order valence-corrected chi connectivity index (χ3v) is 0.595. The van der Waals surface area contributed by atoms with Gasteiger partial charge in [0, 0.05) is 40.8 Å². The summed E-state index contributed by atoms with van der Waals surface area (Å²) >= 11 is 0. The van der Waals surface area contributed by atoms with Crippen molar-refractivity contribution in [3.8, 4) is 0 Å². The summed E-state index contributed by atoms with van der Waals surface area (Å²) in [6, 6.07) is 0. The van der Waals surface area contributed by atoms with Crippen molar-refractivity contribution in [3.63, 3.8) is 0 Å². The van der Waals surface area contributed by atoms with Crippen molar-refractivity contribution >= 4 is 11.6 Å². The van der Waals surface area contributed by atoms with E-state index in [1.165, 1.54) is 6.92 Å². The predicted molar refractivity (Wildman–Crippen MR) is 26.3 cm³/mol. The van der Waals surface area contributed by atoms with Crippen LogP contribution in [-0.2, 0) is 9.59 Å². The number of hydrogen-bond acceptors (Lipinski definition) is 2. The molecular weight excluding hydrogens is 255 g/mol. The van der Waals surface area contributed by atoms with E-state index in [0.29, 0.717) is 0 Å². The molecule has 0 aliphatic carbocycles. The van der Waals surface area contributed by atoms with Gasteiger partial charge in [-0.25, -0.2) is 4.39 Å². The zero-order valence-electron chi connectivity index (χ0n) is 5.11. The Morgan fingerprint density at radius 3 is 2.00 bits per heavy atom. The second-order valence-electron chi connectivity index (χ2n) is 1.55. The minimum Gasteiger partial charge on any atom is -0.300 e. The number of ketones is 2. The van der Waals surface area contributed by atoms with Crippen LogP contribution in [0.25, 0.3) is 0 Å². The van der Waals surface area contributed by atoms with Crippen molar-refractivity contribution in [1.82, 2.24) is 0 Å². The third kappa shape index (κ3) is 8.62. The van der Waals surface area contributed by atoms with Gasteiger partial charge in [-0.05, 0) is 6.92 Å². The van der Waals surface area contributed by atoms with Crippen molar-refractivity contribution < 1.29 is 54.8 Å². The molecular formula is C5H7FNdO2. The van der Waals surface area contributed by atoms with Gasteiger partial charge in [0.1, 0.15) is 12.5 Å². The first-order valence-electron chi connectivity index (χ1n) is 2.24. The molecule has 0 N–H and O–H groups in total. The number of hydrogen-bond donors (Lipinski definition) is 0. The van der Waals surface area contributed by atoms with Crippen molar-refractivity contribution in [2.75, 3.05) is 6.67 Å². The van der Waals surface area contributed by atoms with Gasteiger partial charge in [-0.15, -0.1) is 0 Å². The average Bonchev–Trinajstić information content (AvgIpc) is 1.65. The van der Waals surface area contributed by atoms with Crippen LogP contribution in [0.5, 0.6) is 0 Å². The van der Waals surface area contributed by atoms with Crippen LogP contribution in [0.4, 0.5) is 4.39 Å². The van der Waals surface area contributed by atoms with Gasteiger partial charge in [0.25, 0.3) is 0 Å². The molecule has 0 aromatic carbocycles. The fourth-order valence-electron chi connectivity index (χ4n) is 0.325. The predicted octanol–water partition coefficient (Wildman–Crippen LogP) is 0.504. The molecule has 0 unspecified atom stereocenters. The molecule has 0 bridgehead atoms. The molecule has 9 heavy (non-hydrogen) atoms. The standard InChI is InChI=1S/C5H7FO2.Nd/c1-4(7)2-5(8)3-6;/h2-3H2,1H3;. The smallest absolute Gasteiger partial charge is 0.171 e. The van der Waals surface area contributed by atoms with Crippen LogP contribution in [0.1, 0.15) is 13.3 Å². The Labute approximate surface area is 85.7 Å². The number of halogens is 1. The van der Waals surface area contributed by atoms with E-state index in [1.807, 2.05) is 0 Å². The van der Waals surface area contributed by atoms with E-state index in [2.05, 4.69) is 0 Å². The number of rotatable bonds is 3. The summed E-state index contributed by atoms with van der Waals surface area (Å²) in [7, 11) is 0. The maximum Gasteiger partial charge on any atom is 0.171 e.